The molecule has 0 spiro atoms. The van der Waals surface area contributed by atoms with Crippen LogP contribution in [0.4, 0.5) is 0 Å². The fraction of sp³-hybridized carbons (Fsp3) is 0.100. The van der Waals surface area contributed by atoms with Crippen molar-refractivity contribution < 1.29 is 4.79 Å². The Morgan fingerprint density at radius 2 is 2.25 bits per heavy atom. The average molecular weight is 179 g/mol. The maximum Gasteiger partial charge on any atom is 0.202 e. The number of hydrogen-bond acceptors (Lipinski definition) is 1. The van der Waals surface area contributed by atoms with Gasteiger partial charge in [-0.1, -0.05) is 23.6 Å². The normalized spacial score (nSPS) is 8.50. The lowest BCUT2D eigenvalue weighted by Gasteiger charge is -1.89. The molecule has 1 rings (SSSR count). The third-order valence-electron chi connectivity index (χ3n) is 1.21. The number of carbonyl (C=O) groups excluding carboxylic acids is 1. The smallest absolute Gasteiger partial charge is 0.202 e. The molecule has 0 unspecified atom stereocenters. The van der Waals surface area contributed by atoms with E-state index >= 15 is 0 Å². The highest BCUT2D eigenvalue weighted by Gasteiger charge is 1.88. The molecule has 0 radical (unpaired) electrons. The average Bonchev–Trinajstić information content (AvgIpc) is 2.01. The van der Waals surface area contributed by atoms with Gasteiger partial charge in [-0.05, 0) is 24.1 Å². The van der Waals surface area contributed by atoms with Crippen LogP contribution >= 0.6 is 11.6 Å². The van der Waals surface area contributed by atoms with Gasteiger partial charge in [0.15, 0.2) is 0 Å². The summed E-state index contributed by atoms with van der Waals surface area (Å²) < 4.78 is 0. The largest absolute Gasteiger partial charge is 0.285 e. The molecular weight excluding hydrogens is 172 g/mol. The predicted molar refractivity (Wildman–Crippen MR) is 49.0 cm³/mol. The van der Waals surface area contributed by atoms with E-state index in [1.165, 1.54) is 6.92 Å². The lowest BCUT2D eigenvalue weighted by molar-refractivity contribution is -0.111. The van der Waals surface area contributed by atoms with Crippen molar-refractivity contribution in [2.45, 2.75) is 6.92 Å². The fourth-order valence-electron chi connectivity index (χ4n) is 0.726. The number of ketones is 1. The molecule has 0 aromatic heterocycles. The second-order valence-electron chi connectivity index (χ2n) is 2.32. The summed E-state index contributed by atoms with van der Waals surface area (Å²) in [6.07, 6.45) is 0. The molecule has 0 atom stereocenters. The van der Waals surface area contributed by atoms with Crippen LogP contribution < -0.4 is 0 Å². The predicted octanol–water partition coefficient (Wildman–Crippen LogP) is 2.28. The van der Waals surface area contributed by atoms with Crippen molar-refractivity contribution in [3.05, 3.63) is 34.9 Å². The van der Waals surface area contributed by atoms with E-state index < -0.39 is 0 Å². The van der Waals surface area contributed by atoms with Gasteiger partial charge in [0.2, 0.25) is 5.78 Å². The molecule has 0 aliphatic rings. The lowest BCUT2D eigenvalue weighted by Crippen LogP contribution is -1.81. The molecule has 0 fully saturated rings. The Bertz CT molecular complexity index is 358. The minimum absolute atomic E-state index is 0.144. The van der Waals surface area contributed by atoms with E-state index in [1.54, 1.807) is 18.2 Å². The summed E-state index contributed by atoms with van der Waals surface area (Å²) in [5.74, 6) is 5.00. The van der Waals surface area contributed by atoms with Gasteiger partial charge >= 0.3 is 0 Å². The van der Waals surface area contributed by atoms with Crippen molar-refractivity contribution in [3.63, 3.8) is 0 Å². The van der Waals surface area contributed by atoms with Crippen LogP contribution in [0.3, 0.4) is 0 Å². The molecule has 2 heteroatoms. The van der Waals surface area contributed by atoms with E-state index in [4.69, 9.17) is 11.6 Å². The number of Topliss-reactive ketones (excluding diaryl/α,β-unsaturated/α-hetero) is 1. The highest BCUT2D eigenvalue weighted by Crippen LogP contribution is 2.09. The molecule has 1 aromatic carbocycles. The van der Waals surface area contributed by atoms with Crippen LogP contribution in [0, 0.1) is 11.8 Å². The standard InChI is InChI=1S/C10H7ClO/c1-8(12)5-6-9-3-2-4-10(11)7-9/h2-4,7H,1H3. The van der Waals surface area contributed by atoms with Crippen molar-refractivity contribution in [2.75, 3.05) is 0 Å². The second kappa shape index (κ2) is 3.94. The van der Waals surface area contributed by atoms with E-state index in [-0.39, 0.29) is 5.78 Å². The fourth-order valence-corrected chi connectivity index (χ4v) is 0.917. The second-order valence-corrected chi connectivity index (χ2v) is 2.75. The van der Waals surface area contributed by atoms with Crippen LogP contribution in [-0.4, -0.2) is 5.78 Å². The minimum Gasteiger partial charge on any atom is -0.285 e. The Hall–Kier alpha value is -1.26. The van der Waals surface area contributed by atoms with Crippen molar-refractivity contribution in [2.24, 2.45) is 0 Å². The first kappa shape index (κ1) is 8.83. The molecule has 0 bridgehead atoms. The zero-order valence-electron chi connectivity index (χ0n) is 6.60. The van der Waals surface area contributed by atoms with E-state index in [9.17, 15) is 4.79 Å². The highest BCUT2D eigenvalue weighted by atomic mass is 35.5. The lowest BCUT2D eigenvalue weighted by atomic mass is 10.2. The number of halogens is 1. The molecule has 0 aliphatic heterocycles. The Balaban J connectivity index is 2.92. The van der Waals surface area contributed by atoms with Gasteiger partial charge in [-0.15, -0.1) is 0 Å². The number of rotatable bonds is 0. The van der Waals surface area contributed by atoms with E-state index in [0.717, 1.165) is 5.56 Å². The van der Waals surface area contributed by atoms with Gasteiger partial charge in [0, 0.05) is 17.5 Å². The monoisotopic (exact) mass is 178 g/mol. The number of carbonyl (C=O) groups is 1. The summed E-state index contributed by atoms with van der Waals surface area (Å²) in [7, 11) is 0. The molecular formula is C10H7ClO. The van der Waals surface area contributed by atoms with E-state index in [2.05, 4.69) is 11.8 Å². The molecule has 0 aliphatic carbocycles. The van der Waals surface area contributed by atoms with Crippen molar-refractivity contribution in [1.29, 1.82) is 0 Å². The van der Waals surface area contributed by atoms with Gasteiger partial charge in [-0.2, -0.15) is 0 Å². The highest BCUT2D eigenvalue weighted by molar-refractivity contribution is 6.30. The number of benzene rings is 1. The molecule has 0 saturated carbocycles. The summed E-state index contributed by atoms with van der Waals surface area (Å²) in [5.41, 5.74) is 0.762. The van der Waals surface area contributed by atoms with Gasteiger partial charge in [0.05, 0.1) is 0 Å². The Kier molecular flexibility index (Phi) is 2.90. The molecule has 12 heavy (non-hydrogen) atoms. The third-order valence-corrected chi connectivity index (χ3v) is 1.44. The van der Waals surface area contributed by atoms with Gasteiger partial charge in [-0.3, -0.25) is 4.79 Å². The first-order valence-corrected chi connectivity index (χ1v) is 3.84. The maximum atomic E-state index is 10.5. The van der Waals surface area contributed by atoms with Crippen LogP contribution in [0.25, 0.3) is 0 Å². The molecule has 1 aromatic rings. The molecule has 0 N–H and O–H groups in total. The van der Waals surface area contributed by atoms with Crippen molar-refractivity contribution in [1.82, 2.24) is 0 Å². The van der Waals surface area contributed by atoms with Crippen molar-refractivity contribution in [3.8, 4) is 11.8 Å². The van der Waals surface area contributed by atoms with Crippen LogP contribution in [0.2, 0.25) is 5.02 Å². The van der Waals surface area contributed by atoms with Crippen LogP contribution in [0.15, 0.2) is 24.3 Å². The minimum atomic E-state index is -0.144. The SMILES string of the molecule is CC(=O)C#Cc1cccc(Cl)c1. The molecule has 0 heterocycles. The van der Waals surface area contributed by atoms with E-state index in [0.29, 0.717) is 5.02 Å². The van der Waals surface area contributed by atoms with Crippen molar-refractivity contribution >= 4 is 17.4 Å². The molecule has 0 saturated heterocycles. The summed E-state index contributed by atoms with van der Waals surface area (Å²) in [6.45, 7) is 1.43. The Morgan fingerprint density at radius 3 is 2.83 bits per heavy atom. The van der Waals surface area contributed by atoms with Crippen LogP contribution in [0.1, 0.15) is 12.5 Å². The van der Waals surface area contributed by atoms with Gasteiger partial charge in [-0.25, -0.2) is 0 Å². The summed E-state index contributed by atoms with van der Waals surface area (Å²) in [5, 5.41) is 0.630. The Labute approximate surface area is 76.4 Å². The molecule has 1 nitrogen and oxygen atoms in total. The molecule has 0 amide bonds. The third kappa shape index (κ3) is 2.77. The summed E-state index contributed by atoms with van der Waals surface area (Å²) >= 11 is 5.71. The summed E-state index contributed by atoms with van der Waals surface area (Å²) in [4.78, 5) is 10.5. The first-order chi connectivity index (χ1) is 5.68. The zero-order chi connectivity index (χ0) is 8.97. The summed E-state index contributed by atoms with van der Waals surface area (Å²) in [6, 6.07) is 7.09. The molecule has 60 valence electrons. The zero-order valence-corrected chi connectivity index (χ0v) is 7.35. The van der Waals surface area contributed by atoms with Crippen LogP contribution in [-0.2, 0) is 4.79 Å². The van der Waals surface area contributed by atoms with Gasteiger partial charge < -0.3 is 0 Å². The van der Waals surface area contributed by atoms with Crippen LogP contribution in [0.5, 0.6) is 0 Å². The van der Waals surface area contributed by atoms with Gasteiger partial charge in [0.25, 0.3) is 0 Å². The quantitative estimate of drug-likeness (QED) is 0.557. The van der Waals surface area contributed by atoms with E-state index in [1.807, 2.05) is 6.07 Å². The first-order valence-electron chi connectivity index (χ1n) is 3.46. The van der Waals surface area contributed by atoms with Gasteiger partial charge in [0.1, 0.15) is 0 Å². The number of hydrogen-bond donors (Lipinski definition) is 0. The maximum absolute atomic E-state index is 10.5. The topological polar surface area (TPSA) is 17.1 Å². The Morgan fingerprint density at radius 1 is 1.50 bits per heavy atom.